The molecule has 1 fully saturated rings. The summed E-state index contributed by atoms with van der Waals surface area (Å²) in [6.45, 7) is 5.55. The maximum Gasteiger partial charge on any atom is 0.322 e. The summed E-state index contributed by atoms with van der Waals surface area (Å²) in [4.78, 5) is 32.4. The van der Waals surface area contributed by atoms with Crippen LogP contribution in [0.3, 0.4) is 0 Å². The van der Waals surface area contributed by atoms with E-state index in [1.165, 1.54) is 19.4 Å². The first kappa shape index (κ1) is 20.3. The summed E-state index contributed by atoms with van der Waals surface area (Å²) in [6.07, 6.45) is 5.31. The molecule has 3 heterocycles. The highest BCUT2D eigenvalue weighted by Crippen LogP contribution is 2.30. The van der Waals surface area contributed by atoms with Gasteiger partial charge in [-0.05, 0) is 67.5 Å². The Morgan fingerprint density at radius 3 is 2.33 bits per heavy atom. The molecule has 0 atom stereocenters. The first-order chi connectivity index (χ1) is 14.3. The third kappa shape index (κ3) is 4.31. The van der Waals surface area contributed by atoms with Crippen molar-refractivity contribution in [3.05, 3.63) is 59.4 Å². The number of fused-ring (bicyclic) bond motifs is 1. The first-order valence-electron chi connectivity index (χ1n) is 10.4. The topological polar surface area (TPSA) is 85.8 Å². The number of piperidine rings is 1. The summed E-state index contributed by atoms with van der Waals surface area (Å²) in [7, 11) is 0. The van der Waals surface area contributed by atoms with Gasteiger partial charge in [0, 0.05) is 44.3 Å². The van der Waals surface area contributed by atoms with E-state index in [0.717, 1.165) is 29.7 Å². The second-order valence-corrected chi connectivity index (χ2v) is 8.68. The van der Waals surface area contributed by atoms with Gasteiger partial charge in [-0.1, -0.05) is 12.1 Å². The molecule has 7 nitrogen and oxygen atoms in total. The highest BCUT2D eigenvalue weighted by atomic mass is 16.3. The number of likely N-dealkylation sites (tertiary alicyclic amines) is 1. The molecule has 3 amide bonds. The van der Waals surface area contributed by atoms with Crippen LogP contribution in [0.2, 0.25) is 0 Å². The molecule has 158 valence electrons. The number of amides is 3. The van der Waals surface area contributed by atoms with Gasteiger partial charge in [0.25, 0.3) is 5.91 Å². The minimum absolute atomic E-state index is 0.114. The molecule has 30 heavy (non-hydrogen) atoms. The molecule has 1 aromatic heterocycles. The van der Waals surface area contributed by atoms with Crippen LogP contribution < -0.4 is 5.32 Å². The van der Waals surface area contributed by atoms with E-state index in [9.17, 15) is 14.7 Å². The number of hydrogen-bond acceptors (Lipinski definition) is 4. The van der Waals surface area contributed by atoms with Gasteiger partial charge in [0.15, 0.2) is 0 Å². The average molecular weight is 409 g/mol. The van der Waals surface area contributed by atoms with Crippen molar-refractivity contribution in [3.63, 3.8) is 0 Å². The summed E-state index contributed by atoms with van der Waals surface area (Å²) in [5.41, 5.74) is 2.90. The van der Waals surface area contributed by atoms with Gasteiger partial charge in [-0.15, -0.1) is 0 Å². The van der Waals surface area contributed by atoms with Gasteiger partial charge < -0.3 is 20.2 Å². The molecule has 2 aliphatic rings. The zero-order valence-corrected chi connectivity index (χ0v) is 17.5. The van der Waals surface area contributed by atoms with Crippen LogP contribution in [0.1, 0.15) is 49.3 Å². The van der Waals surface area contributed by atoms with Crippen molar-refractivity contribution in [2.24, 2.45) is 0 Å². The molecule has 4 rings (SSSR count). The number of aromatic nitrogens is 1. The molecule has 2 aliphatic heterocycles. The molecule has 7 heteroatoms. The Bertz CT molecular complexity index is 903. The number of rotatable bonds is 3. The highest BCUT2D eigenvalue weighted by Gasteiger charge is 2.32. The Kier molecular flexibility index (Phi) is 5.47. The molecule has 0 unspecified atom stereocenters. The molecule has 1 saturated heterocycles. The van der Waals surface area contributed by atoms with Crippen molar-refractivity contribution in [1.29, 1.82) is 0 Å². The monoisotopic (exact) mass is 408 g/mol. The molecule has 0 aliphatic carbocycles. The molecule has 0 bridgehead atoms. The van der Waals surface area contributed by atoms with Crippen LogP contribution in [0.5, 0.6) is 0 Å². The summed E-state index contributed by atoms with van der Waals surface area (Å²) in [5.74, 6) is 0.167. The zero-order valence-electron chi connectivity index (χ0n) is 17.5. The molecule has 0 radical (unpaired) electrons. The van der Waals surface area contributed by atoms with Crippen LogP contribution in [0.25, 0.3) is 0 Å². The van der Waals surface area contributed by atoms with E-state index in [2.05, 4.69) is 22.4 Å². The maximum absolute atomic E-state index is 12.6. The predicted octanol–water partition coefficient (Wildman–Crippen LogP) is 3.11. The van der Waals surface area contributed by atoms with Crippen LogP contribution in [-0.4, -0.2) is 50.5 Å². The second-order valence-electron chi connectivity index (χ2n) is 8.68. The number of aliphatic hydroxyl groups is 1. The van der Waals surface area contributed by atoms with Gasteiger partial charge >= 0.3 is 6.03 Å². The number of nitrogens with zero attached hydrogens (tertiary/aromatic N) is 3. The number of carbonyl (C=O) groups excluding carboxylic acids is 2. The zero-order chi connectivity index (χ0) is 21.3. The number of anilines is 1. The smallest absolute Gasteiger partial charge is 0.322 e. The quantitative estimate of drug-likeness (QED) is 0.817. The van der Waals surface area contributed by atoms with Gasteiger partial charge in [-0.25, -0.2) is 4.79 Å². The van der Waals surface area contributed by atoms with Crippen molar-refractivity contribution in [1.82, 2.24) is 14.8 Å². The largest absolute Gasteiger partial charge is 0.381 e. The van der Waals surface area contributed by atoms with Crippen molar-refractivity contribution in [3.8, 4) is 0 Å². The average Bonchev–Trinajstić information content (AvgIpc) is 3.18. The van der Waals surface area contributed by atoms with Gasteiger partial charge in [0.05, 0.1) is 0 Å². The van der Waals surface area contributed by atoms with E-state index in [4.69, 9.17) is 0 Å². The summed E-state index contributed by atoms with van der Waals surface area (Å²) >= 11 is 0. The number of nitrogens with one attached hydrogen (secondary N) is 1. The molecule has 2 aromatic rings. The molecule has 0 spiro atoms. The minimum atomic E-state index is -1.32. The van der Waals surface area contributed by atoms with Crippen LogP contribution in [0.15, 0.2) is 42.7 Å². The van der Waals surface area contributed by atoms with E-state index in [1.54, 1.807) is 16.0 Å². The van der Waals surface area contributed by atoms with E-state index in [-0.39, 0.29) is 11.9 Å². The van der Waals surface area contributed by atoms with Gasteiger partial charge in [-0.3, -0.25) is 9.78 Å². The Hall–Kier alpha value is -2.93. The minimum Gasteiger partial charge on any atom is -0.381 e. The van der Waals surface area contributed by atoms with Gasteiger partial charge in [0.1, 0.15) is 5.60 Å². The Morgan fingerprint density at radius 2 is 1.70 bits per heavy atom. The summed E-state index contributed by atoms with van der Waals surface area (Å²) in [6, 6.07) is 9.82. The third-order valence-electron chi connectivity index (χ3n) is 5.95. The maximum atomic E-state index is 12.6. The van der Waals surface area contributed by atoms with Crippen LogP contribution in [0.4, 0.5) is 10.5 Å². The second kappa shape index (κ2) is 8.07. The van der Waals surface area contributed by atoms with E-state index in [0.29, 0.717) is 32.1 Å². The summed E-state index contributed by atoms with van der Waals surface area (Å²) < 4.78 is 0. The van der Waals surface area contributed by atoms with Gasteiger partial charge in [-0.2, -0.15) is 0 Å². The van der Waals surface area contributed by atoms with Crippen LogP contribution in [0, 0.1) is 0 Å². The fourth-order valence-corrected chi connectivity index (χ4v) is 4.21. The van der Waals surface area contributed by atoms with E-state index < -0.39 is 5.60 Å². The molecule has 1 aromatic carbocycles. The fraction of sp³-hybridized carbons (Fsp3) is 0.435. The summed E-state index contributed by atoms with van der Waals surface area (Å²) in [5, 5.41) is 12.9. The van der Waals surface area contributed by atoms with Crippen LogP contribution in [-0.2, 0) is 17.9 Å². The number of pyridine rings is 1. The SMILES string of the molecule is CC(C)(O)C(=O)N1CCC(c2ccc(NC(=O)N3Cc4ccncc4C3)cc2)CC1. The lowest BCUT2D eigenvalue weighted by Crippen LogP contribution is -2.48. The standard InChI is InChI=1S/C23H28N4O3/c1-23(2,30)21(28)26-11-8-17(9-12-26)16-3-5-20(6-4-16)25-22(29)27-14-18-7-10-24-13-19(18)15-27/h3-7,10,13,17,30H,8-9,11-12,14-15H2,1-2H3,(H,25,29). The fourth-order valence-electron chi connectivity index (χ4n) is 4.21. The van der Waals surface area contributed by atoms with Crippen molar-refractivity contribution in [2.75, 3.05) is 18.4 Å². The van der Waals surface area contributed by atoms with E-state index in [1.807, 2.05) is 24.4 Å². The Labute approximate surface area is 176 Å². The lowest BCUT2D eigenvalue weighted by molar-refractivity contribution is -0.148. The molecule has 2 N–H and O–H groups in total. The molecule has 0 saturated carbocycles. The van der Waals surface area contributed by atoms with Crippen molar-refractivity contribution < 1.29 is 14.7 Å². The number of urea groups is 1. The van der Waals surface area contributed by atoms with Crippen molar-refractivity contribution >= 4 is 17.6 Å². The van der Waals surface area contributed by atoms with E-state index >= 15 is 0 Å². The first-order valence-corrected chi connectivity index (χ1v) is 10.4. The number of hydrogen-bond donors (Lipinski definition) is 2. The molecular weight excluding hydrogens is 380 g/mol. The normalized spacial score (nSPS) is 17.0. The number of benzene rings is 1. The Morgan fingerprint density at radius 1 is 1.03 bits per heavy atom. The van der Waals surface area contributed by atoms with Crippen LogP contribution >= 0.6 is 0 Å². The van der Waals surface area contributed by atoms with Gasteiger partial charge in [0.2, 0.25) is 0 Å². The lowest BCUT2D eigenvalue weighted by atomic mass is 9.89. The third-order valence-corrected chi connectivity index (χ3v) is 5.95. The predicted molar refractivity (Wildman–Crippen MR) is 114 cm³/mol. The Balaban J connectivity index is 1.31. The van der Waals surface area contributed by atoms with Crippen molar-refractivity contribution in [2.45, 2.75) is 51.3 Å². The number of carbonyl (C=O) groups is 2. The highest BCUT2D eigenvalue weighted by molar-refractivity contribution is 5.89. The lowest BCUT2D eigenvalue weighted by Gasteiger charge is -2.35. The molecular formula is C23H28N4O3.